The molecule has 1 aliphatic rings. The fourth-order valence-electron chi connectivity index (χ4n) is 3.72. The number of carbonyl (C=O) groups is 2. The van der Waals surface area contributed by atoms with Gasteiger partial charge in [-0.1, -0.05) is 74.6 Å². The summed E-state index contributed by atoms with van der Waals surface area (Å²) in [6, 6.07) is 17.5. The molecule has 0 atom stereocenters. The predicted octanol–water partition coefficient (Wildman–Crippen LogP) is 4.11. The van der Waals surface area contributed by atoms with Crippen molar-refractivity contribution in [2.75, 3.05) is 6.61 Å². The number of hydrogen-bond acceptors (Lipinski definition) is 4. The lowest BCUT2D eigenvalue weighted by molar-refractivity contribution is -0.124. The van der Waals surface area contributed by atoms with Crippen LogP contribution in [-0.2, 0) is 9.59 Å². The fraction of sp³-hybridized carbons (Fsp3) is 0.375. The topological polar surface area (TPSA) is 79.5 Å². The maximum absolute atomic E-state index is 12.0. The van der Waals surface area contributed by atoms with Crippen LogP contribution < -0.4 is 20.9 Å². The van der Waals surface area contributed by atoms with Crippen molar-refractivity contribution in [3.05, 3.63) is 54.6 Å². The van der Waals surface area contributed by atoms with E-state index in [0.29, 0.717) is 18.1 Å². The van der Waals surface area contributed by atoms with Gasteiger partial charge in [-0.05, 0) is 47.8 Å². The number of thiocarbonyl (C=S) groups is 1. The van der Waals surface area contributed by atoms with Crippen LogP contribution in [-0.4, -0.2) is 23.5 Å². The van der Waals surface area contributed by atoms with Crippen molar-refractivity contribution >= 4 is 29.1 Å². The minimum atomic E-state index is -0.397. The quantitative estimate of drug-likeness (QED) is 0.447. The standard InChI is InChI=1S/C24H29N3O3S/c28-22(16-11-18-7-3-1-4-8-18)25-24(31)27-26-23(29)17-30-21-14-12-20(13-15-21)19-9-5-2-6-10-19/h2,5-6,9-10,12-15,18H,1,3-4,7-8,11,16-17H2,(H,26,29)(H2,25,27,28,31). The van der Waals surface area contributed by atoms with Crippen LogP contribution in [0.15, 0.2) is 54.6 Å². The van der Waals surface area contributed by atoms with E-state index in [4.69, 9.17) is 17.0 Å². The van der Waals surface area contributed by atoms with Gasteiger partial charge in [0.2, 0.25) is 5.91 Å². The highest BCUT2D eigenvalue weighted by Gasteiger charge is 2.15. The number of hydrazine groups is 1. The van der Waals surface area contributed by atoms with Gasteiger partial charge in [-0.25, -0.2) is 0 Å². The summed E-state index contributed by atoms with van der Waals surface area (Å²) in [6.45, 7) is -0.171. The molecule has 3 rings (SSSR count). The molecule has 164 valence electrons. The number of ether oxygens (including phenoxy) is 1. The highest BCUT2D eigenvalue weighted by molar-refractivity contribution is 7.80. The molecule has 6 nitrogen and oxygen atoms in total. The van der Waals surface area contributed by atoms with E-state index in [1.54, 1.807) is 0 Å². The Morgan fingerprint density at radius 1 is 0.871 bits per heavy atom. The Hall–Kier alpha value is -2.93. The van der Waals surface area contributed by atoms with Gasteiger partial charge >= 0.3 is 0 Å². The summed E-state index contributed by atoms with van der Waals surface area (Å²) in [5, 5.41) is 2.67. The van der Waals surface area contributed by atoms with Crippen LogP contribution >= 0.6 is 12.2 Å². The Morgan fingerprint density at radius 3 is 2.26 bits per heavy atom. The Bertz CT molecular complexity index is 865. The van der Waals surface area contributed by atoms with Crippen LogP contribution in [0.1, 0.15) is 44.9 Å². The molecular weight excluding hydrogens is 410 g/mol. The molecule has 7 heteroatoms. The number of nitrogens with one attached hydrogen (secondary N) is 3. The summed E-state index contributed by atoms with van der Waals surface area (Å²) in [6.07, 6.45) is 7.58. The molecule has 0 aliphatic heterocycles. The van der Waals surface area contributed by atoms with Gasteiger partial charge < -0.3 is 10.1 Å². The van der Waals surface area contributed by atoms with Gasteiger partial charge in [0.15, 0.2) is 11.7 Å². The first-order valence-electron chi connectivity index (χ1n) is 10.8. The predicted molar refractivity (Wildman–Crippen MR) is 125 cm³/mol. The molecule has 1 saturated carbocycles. The molecule has 0 saturated heterocycles. The van der Waals surface area contributed by atoms with Crippen LogP contribution in [0.5, 0.6) is 5.75 Å². The zero-order chi connectivity index (χ0) is 21.9. The SMILES string of the molecule is O=C(COc1ccc(-c2ccccc2)cc1)NNC(=S)NC(=O)CCC1CCCCC1. The van der Waals surface area contributed by atoms with Crippen LogP contribution in [0.4, 0.5) is 0 Å². The van der Waals surface area contributed by atoms with E-state index in [2.05, 4.69) is 16.2 Å². The van der Waals surface area contributed by atoms with Crippen molar-refractivity contribution in [1.29, 1.82) is 0 Å². The molecule has 0 radical (unpaired) electrons. The van der Waals surface area contributed by atoms with Gasteiger partial charge in [0, 0.05) is 6.42 Å². The largest absolute Gasteiger partial charge is 0.484 e. The smallest absolute Gasteiger partial charge is 0.276 e. The average Bonchev–Trinajstić information content (AvgIpc) is 2.81. The fourth-order valence-corrected chi connectivity index (χ4v) is 3.88. The first-order valence-corrected chi connectivity index (χ1v) is 11.2. The van der Waals surface area contributed by atoms with Gasteiger partial charge in [0.1, 0.15) is 5.75 Å². The molecule has 2 amide bonds. The zero-order valence-corrected chi connectivity index (χ0v) is 18.4. The van der Waals surface area contributed by atoms with Crippen molar-refractivity contribution in [2.24, 2.45) is 5.92 Å². The second kappa shape index (κ2) is 12.1. The van der Waals surface area contributed by atoms with Gasteiger partial charge in [0.25, 0.3) is 5.91 Å². The molecule has 3 N–H and O–H groups in total. The maximum Gasteiger partial charge on any atom is 0.276 e. The zero-order valence-electron chi connectivity index (χ0n) is 17.6. The molecule has 1 fully saturated rings. The highest BCUT2D eigenvalue weighted by Crippen LogP contribution is 2.27. The summed E-state index contributed by atoms with van der Waals surface area (Å²) < 4.78 is 5.50. The Balaban J connectivity index is 1.31. The monoisotopic (exact) mass is 439 g/mol. The first-order chi connectivity index (χ1) is 15.1. The van der Waals surface area contributed by atoms with Gasteiger partial charge in [-0.15, -0.1) is 0 Å². The highest BCUT2D eigenvalue weighted by atomic mass is 32.1. The van der Waals surface area contributed by atoms with E-state index >= 15 is 0 Å². The third-order valence-corrected chi connectivity index (χ3v) is 5.61. The Kier molecular flexibility index (Phi) is 8.84. The van der Waals surface area contributed by atoms with E-state index in [1.807, 2.05) is 54.6 Å². The summed E-state index contributed by atoms with van der Waals surface area (Å²) >= 11 is 5.06. The maximum atomic E-state index is 12.0. The molecule has 2 aromatic rings. The van der Waals surface area contributed by atoms with Gasteiger partial charge in [-0.3, -0.25) is 20.4 Å². The van der Waals surface area contributed by atoms with Crippen LogP contribution in [0.25, 0.3) is 11.1 Å². The lowest BCUT2D eigenvalue weighted by Gasteiger charge is -2.21. The molecule has 1 aliphatic carbocycles. The molecule has 0 spiro atoms. The number of rotatable bonds is 7. The number of benzene rings is 2. The number of hydrogen-bond donors (Lipinski definition) is 3. The third-order valence-electron chi connectivity index (χ3n) is 5.40. The van der Waals surface area contributed by atoms with Crippen molar-refractivity contribution in [2.45, 2.75) is 44.9 Å². The van der Waals surface area contributed by atoms with E-state index in [0.717, 1.165) is 17.5 Å². The molecule has 0 unspecified atom stereocenters. The minimum absolute atomic E-state index is 0.0780. The van der Waals surface area contributed by atoms with Crippen LogP contribution in [0.3, 0.4) is 0 Å². The Labute approximate surface area is 188 Å². The van der Waals surface area contributed by atoms with Crippen molar-refractivity contribution < 1.29 is 14.3 Å². The molecular formula is C24H29N3O3S. The normalized spacial score (nSPS) is 13.8. The van der Waals surface area contributed by atoms with E-state index in [-0.39, 0.29) is 17.6 Å². The molecule has 2 aromatic carbocycles. The average molecular weight is 440 g/mol. The van der Waals surface area contributed by atoms with E-state index < -0.39 is 5.91 Å². The van der Waals surface area contributed by atoms with Crippen LogP contribution in [0, 0.1) is 5.92 Å². The third kappa shape index (κ3) is 8.02. The van der Waals surface area contributed by atoms with Crippen LogP contribution in [0.2, 0.25) is 0 Å². The van der Waals surface area contributed by atoms with Crippen molar-refractivity contribution in [3.63, 3.8) is 0 Å². The van der Waals surface area contributed by atoms with Crippen molar-refractivity contribution in [3.8, 4) is 16.9 Å². The second-order valence-corrected chi connectivity index (χ2v) is 8.18. The molecule has 0 aromatic heterocycles. The van der Waals surface area contributed by atoms with E-state index in [1.165, 1.54) is 32.1 Å². The lowest BCUT2D eigenvalue weighted by atomic mass is 9.86. The first kappa shape index (κ1) is 22.7. The minimum Gasteiger partial charge on any atom is -0.484 e. The summed E-state index contributed by atoms with van der Waals surface area (Å²) in [5.74, 6) is 0.700. The Morgan fingerprint density at radius 2 is 1.55 bits per heavy atom. The lowest BCUT2D eigenvalue weighted by Crippen LogP contribution is -2.49. The van der Waals surface area contributed by atoms with Crippen molar-refractivity contribution in [1.82, 2.24) is 16.2 Å². The molecule has 0 bridgehead atoms. The van der Waals surface area contributed by atoms with Gasteiger partial charge in [-0.2, -0.15) is 0 Å². The number of carbonyl (C=O) groups excluding carboxylic acids is 2. The molecule has 31 heavy (non-hydrogen) atoms. The van der Waals surface area contributed by atoms with Gasteiger partial charge in [0.05, 0.1) is 0 Å². The second-order valence-electron chi connectivity index (χ2n) is 7.77. The summed E-state index contributed by atoms with van der Waals surface area (Å²) in [4.78, 5) is 24.0. The molecule has 0 heterocycles. The number of amides is 2. The summed E-state index contributed by atoms with van der Waals surface area (Å²) in [7, 11) is 0. The van der Waals surface area contributed by atoms with E-state index in [9.17, 15) is 9.59 Å². The summed E-state index contributed by atoms with van der Waals surface area (Å²) in [5.41, 5.74) is 7.16.